The van der Waals surface area contributed by atoms with Gasteiger partial charge in [-0.1, -0.05) is 49.4 Å². The van der Waals surface area contributed by atoms with Crippen molar-refractivity contribution in [3.8, 4) is 5.75 Å². The van der Waals surface area contributed by atoms with Crippen molar-refractivity contribution in [1.29, 1.82) is 10.8 Å². The van der Waals surface area contributed by atoms with E-state index in [9.17, 15) is 0 Å². The lowest BCUT2D eigenvalue weighted by Gasteiger charge is -2.09. The van der Waals surface area contributed by atoms with Crippen LogP contribution in [-0.2, 0) is 13.0 Å². The van der Waals surface area contributed by atoms with E-state index in [1.165, 1.54) is 16.9 Å². The molecule has 0 radical (unpaired) electrons. The summed E-state index contributed by atoms with van der Waals surface area (Å²) in [4.78, 5) is 1.58. The number of nitrogen functional groups attached to an aromatic ring is 2. The monoisotopic (exact) mass is 660 g/mol. The van der Waals surface area contributed by atoms with Crippen LogP contribution in [0.3, 0.4) is 0 Å². The van der Waals surface area contributed by atoms with Gasteiger partial charge in [0.25, 0.3) is 0 Å². The fraction of sp³-hybridized carbons (Fsp3) is 0.152. The largest absolute Gasteiger partial charge is 0.489 e. The standard InChI is InChI=1S/C19H19N3OS2.C14H17N3S2/c1-24-19-16(11-17(25-19)18(20)21)22-14-7-9-15(10-8-14)23-12-13-5-3-2-4-6-13;1-3-9-4-6-10(7-5-9)17-11-8-12(13(15)16)19-14(11)18-2/h2-11,22H,12H2,1H3,(H3,20,21);4-8,17H,3H2,1-2H3,(H3,15,16). The quantitative estimate of drug-likeness (QED) is 0.0447. The van der Waals surface area contributed by atoms with Crippen molar-refractivity contribution in [1.82, 2.24) is 0 Å². The van der Waals surface area contributed by atoms with Crippen molar-refractivity contribution < 1.29 is 4.74 Å². The van der Waals surface area contributed by atoms with Gasteiger partial charge in [0.1, 0.15) is 24.0 Å². The number of ether oxygens (including phenoxy) is 1. The van der Waals surface area contributed by atoms with E-state index in [2.05, 4.69) is 41.8 Å². The van der Waals surface area contributed by atoms with Gasteiger partial charge in [0.15, 0.2) is 0 Å². The number of hydrogen-bond donors (Lipinski definition) is 6. The molecule has 8 N–H and O–H groups in total. The lowest BCUT2D eigenvalue weighted by Crippen LogP contribution is -2.08. The van der Waals surface area contributed by atoms with Gasteiger partial charge in [0, 0.05) is 11.4 Å². The molecule has 11 heteroatoms. The summed E-state index contributed by atoms with van der Waals surface area (Å²) in [5.74, 6) is 1.04. The Kier molecular flexibility index (Phi) is 12.2. The Hall–Kier alpha value is -3.90. The number of thioether (sulfide) groups is 2. The minimum absolute atomic E-state index is 0.0954. The van der Waals surface area contributed by atoms with Crippen molar-refractivity contribution in [2.75, 3.05) is 23.1 Å². The number of nitrogens with two attached hydrogens (primary N) is 2. The van der Waals surface area contributed by atoms with Gasteiger partial charge >= 0.3 is 0 Å². The molecule has 0 saturated carbocycles. The first kappa shape index (κ1) is 33.0. The average molecular weight is 661 g/mol. The van der Waals surface area contributed by atoms with Gasteiger partial charge in [-0.15, -0.1) is 46.2 Å². The van der Waals surface area contributed by atoms with Gasteiger partial charge in [0.05, 0.1) is 29.5 Å². The first-order valence-corrected chi connectivity index (χ1v) is 17.8. The summed E-state index contributed by atoms with van der Waals surface area (Å²) in [6.45, 7) is 2.70. The Balaban J connectivity index is 0.000000209. The van der Waals surface area contributed by atoms with Gasteiger partial charge in [-0.2, -0.15) is 0 Å². The van der Waals surface area contributed by atoms with Gasteiger partial charge in [0.2, 0.25) is 0 Å². The second-order valence-electron chi connectivity index (χ2n) is 9.46. The third-order valence-corrected chi connectivity index (χ3v) is 10.9. The summed E-state index contributed by atoms with van der Waals surface area (Å²) in [7, 11) is 0. The second-order valence-corrected chi connectivity index (χ2v) is 13.7. The molecule has 0 aliphatic heterocycles. The summed E-state index contributed by atoms with van der Waals surface area (Å²) in [6, 6.07) is 30.2. The third kappa shape index (κ3) is 9.30. The molecule has 228 valence electrons. The van der Waals surface area contributed by atoms with Crippen molar-refractivity contribution in [3.05, 3.63) is 112 Å². The maximum Gasteiger partial charge on any atom is 0.133 e. The predicted octanol–water partition coefficient (Wildman–Crippen LogP) is 9.14. The SMILES string of the molecule is CCc1ccc(Nc2cc(C(=N)N)sc2SC)cc1.CSc1sc(C(=N)N)cc1Nc1ccc(OCc2ccccc2)cc1. The highest BCUT2D eigenvalue weighted by Crippen LogP contribution is 2.37. The lowest BCUT2D eigenvalue weighted by molar-refractivity contribution is 0.306. The fourth-order valence-corrected chi connectivity index (χ4v) is 7.28. The zero-order valence-corrected chi connectivity index (χ0v) is 28.0. The molecule has 7 nitrogen and oxygen atoms in total. The average Bonchev–Trinajstić information content (AvgIpc) is 3.66. The molecule has 0 aliphatic carbocycles. The van der Waals surface area contributed by atoms with E-state index >= 15 is 0 Å². The van der Waals surface area contributed by atoms with Crippen LogP contribution >= 0.6 is 46.2 Å². The van der Waals surface area contributed by atoms with Crippen molar-refractivity contribution in [2.45, 2.75) is 28.4 Å². The van der Waals surface area contributed by atoms with E-state index in [4.69, 9.17) is 27.0 Å². The van der Waals surface area contributed by atoms with Gasteiger partial charge in [-0.05, 0) is 78.6 Å². The molecule has 0 aliphatic rings. The Morgan fingerprint density at radius 2 is 1.18 bits per heavy atom. The molecule has 0 atom stereocenters. The highest BCUT2D eigenvalue weighted by molar-refractivity contribution is 8.00. The number of thiophene rings is 2. The van der Waals surface area contributed by atoms with Crippen molar-refractivity contribution in [3.63, 3.8) is 0 Å². The molecule has 2 heterocycles. The molecule has 0 saturated heterocycles. The summed E-state index contributed by atoms with van der Waals surface area (Å²) in [5, 5.41) is 21.9. The van der Waals surface area contributed by atoms with E-state index in [0.29, 0.717) is 6.61 Å². The molecule has 0 bridgehead atoms. The molecule has 2 aromatic heterocycles. The van der Waals surface area contributed by atoms with Crippen LogP contribution in [0.4, 0.5) is 22.7 Å². The molecular weight excluding hydrogens is 625 g/mol. The van der Waals surface area contributed by atoms with Crippen LogP contribution in [0.25, 0.3) is 0 Å². The number of nitrogens with one attached hydrogen (secondary N) is 4. The highest BCUT2D eigenvalue weighted by atomic mass is 32.2. The van der Waals surface area contributed by atoms with Crippen LogP contribution in [0.2, 0.25) is 0 Å². The van der Waals surface area contributed by atoms with Gasteiger partial charge in [-0.25, -0.2) is 0 Å². The molecule has 44 heavy (non-hydrogen) atoms. The van der Waals surface area contributed by atoms with Crippen LogP contribution in [0.5, 0.6) is 5.75 Å². The number of benzene rings is 3. The highest BCUT2D eigenvalue weighted by Gasteiger charge is 2.12. The molecule has 5 rings (SSSR count). The van der Waals surface area contributed by atoms with Crippen molar-refractivity contribution in [2.24, 2.45) is 11.5 Å². The van der Waals surface area contributed by atoms with Crippen LogP contribution in [0, 0.1) is 10.8 Å². The molecule has 0 unspecified atom stereocenters. The van der Waals surface area contributed by atoms with Gasteiger partial charge < -0.3 is 26.8 Å². The van der Waals surface area contributed by atoms with Crippen LogP contribution in [0.1, 0.15) is 27.8 Å². The van der Waals surface area contributed by atoms with Gasteiger partial charge in [-0.3, -0.25) is 10.8 Å². The van der Waals surface area contributed by atoms with Crippen LogP contribution in [0.15, 0.2) is 99.4 Å². The van der Waals surface area contributed by atoms with Crippen LogP contribution < -0.4 is 26.8 Å². The van der Waals surface area contributed by atoms with E-state index in [1.54, 1.807) is 34.9 Å². The maximum atomic E-state index is 7.58. The third-order valence-electron chi connectivity index (χ3n) is 6.32. The Bertz CT molecular complexity index is 1670. The first-order valence-electron chi connectivity index (χ1n) is 13.7. The Labute approximate surface area is 275 Å². The molecule has 5 aromatic rings. The van der Waals surface area contributed by atoms with Crippen molar-refractivity contribution >= 4 is 80.6 Å². The predicted molar refractivity (Wildman–Crippen MR) is 194 cm³/mol. The molecule has 3 aromatic carbocycles. The van der Waals surface area contributed by atoms with E-state index in [-0.39, 0.29) is 11.7 Å². The maximum absolute atomic E-state index is 7.58. The Morgan fingerprint density at radius 3 is 1.61 bits per heavy atom. The van der Waals surface area contributed by atoms with Crippen LogP contribution in [-0.4, -0.2) is 24.2 Å². The first-order chi connectivity index (χ1) is 21.3. The smallest absolute Gasteiger partial charge is 0.133 e. The van der Waals surface area contributed by atoms with E-state index in [0.717, 1.165) is 58.7 Å². The molecule has 0 amide bonds. The van der Waals surface area contributed by atoms with E-state index < -0.39 is 0 Å². The van der Waals surface area contributed by atoms with E-state index in [1.807, 2.05) is 79.2 Å². The summed E-state index contributed by atoms with van der Waals surface area (Å²) >= 11 is 6.37. The number of amidine groups is 2. The Morgan fingerprint density at radius 1 is 0.705 bits per heavy atom. The molecule has 0 fully saturated rings. The molecule has 0 spiro atoms. The summed E-state index contributed by atoms with van der Waals surface area (Å²) in [5.41, 5.74) is 17.6. The minimum Gasteiger partial charge on any atom is -0.489 e. The zero-order valence-electron chi connectivity index (χ0n) is 24.8. The topological polar surface area (TPSA) is 133 Å². The fourth-order valence-electron chi connectivity index (χ4n) is 4.00. The normalized spacial score (nSPS) is 10.4. The summed E-state index contributed by atoms with van der Waals surface area (Å²) in [6.07, 6.45) is 5.09. The number of rotatable bonds is 12. The number of anilines is 4. The zero-order chi connectivity index (χ0) is 31.5. The number of hydrogen-bond acceptors (Lipinski definition) is 9. The second kappa shape index (κ2) is 16.2. The minimum atomic E-state index is 0.0954. The number of aryl methyl sites for hydroxylation is 1. The molecular formula is C33H36N6OS4. The summed E-state index contributed by atoms with van der Waals surface area (Å²) < 4.78 is 8.05. The lowest BCUT2D eigenvalue weighted by atomic mass is 10.1.